The lowest BCUT2D eigenvalue weighted by molar-refractivity contribution is 0.173. The van der Waals surface area contributed by atoms with Crippen LogP contribution in [0, 0.1) is 5.92 Å². The smallest absolute Gasteiger partial charge is 0.204 e. The Kier molecular flexibility index (Phi) is 7.56. The van der Waals surface area contributed by atoms with Gasteiger partial charge in [0.25, 0.3) is 0 Å². The molecule has 1 aliphatic rings. The Bertz CT molecular complexity index is 1440. The maximum absolute atomic E-state index is 12.7. The summed E-state index contributed by atoms with van der Waals surface area (Å²) in [5, 5.41) is 20.2. The van der Waals surface area contributed by atoms with Gasteiger partial charge in [-0.2, -0.15) is 0 Å². The summed E-state index contributed by atoms with van der Waals surface area (Å²) < 4.78 is 11.1. The minimum Gasteiger partial charge on any atom is -0.507 e. The van der Waals surface area contributed by atoms with Crippen LogP contribution in [0.4, 0.5) is 5.69 Å². The summed E-state index contributed by atoms with van der Waals surface area (Å²) in [5.74, 6) is 0.439. The van der Waals surface area contributed by atoms with E-state index in [0.717, 1.165) is 55.8 Å². The predicted octanol–water partition coefficient (Wildman–Crippen LogP) is 5.62. The van der Waals surface area contributed by atoms with Gasteiger partial charge in [0, 0.05) is 43.5 Å². The molecule has 0 saturated carbocycles. The van der Waals surface area contributed by atoms with Crippen molar-refractivity contribution >= 4 is 16.7 Å². The number of phenols is 2. The number of fused-ring (bicyclic) bond motifs is 1. The fourth-order valence-electron chi connectivity index (χ4n) is 5.28. The summed E-state index contributed by atoms with van der Waals surface area (Å²) in [6.45, 7) is 4.31. The standard InChI is InChI=1S/C31H34N2O5/c1-32(15-12-21-13-16-33(17-14-21)20-22-6-4-3-5-7-22)24-10-8-23(9-11-24)28-19-26(35)29-25(34)18-27(36)30(37-2)31(29)38-28/h3-11,18-19,21,34,36H,12-17,20H2,1-2H3. The Labute approximate surface area is 222 Å². The third kappa shape index (κ3) is 5.48. The van der Waals surface area contributed by atoms with Gasteiger partial charge in [0.05, 0.1) is 7.11 Å². The largest absolute Gasteiger partial charge is 0.507 e. The Morgan fingerprint density at radius 2 is 1.71 bits per heavy atom. The van der Waals surface area contributed by atoms with Gasteiger partial charge in [0.2, 0.25) is 5.75 Å². The predicted molar refractivity (Wildman–Crippen MR) is 150 cm³/mol. The topological polar surface area (TPSA) is 86.4 Å². The Hall–Kier alpha value is -3.97. The molecule has 0 spiro atoms. The molecule has 7 nitrogen and oxygen atoms in total. The van der Waals surface area contributed by atoms with Crippen LogP contribution in [0.25, 0.3) is 22.3 Å². The van der Waals surface area contributed by atoms with Crippen molar-refractivity contribution in [2.45, 2.75) is 25.8 Å². The monoisotopic (exact) mass is 514 g/mol. The van der Waals surface area contributed by atoms with Crippen LogP contribution in [0.3, 0.4) is 0 Å². The maximum atomic E-state index is 12.7. The first-order chi connectivity index (χ1) is 18.4. The normalized spacial score (nSPS) is 14.6. The molecule has 0 aliphatic carbocycles. The summed E-state index contributed by atoms with van der Waals surface area (Å²) in [7, 11) is 3.48. The number of aromatic hydroxyl groups is 2. The Morgan fingerprint density at radius 1 is 1.00 bits per heavy atom. The highest BCUT2D eigenvalue weighted by molar-refractivity contribution is 5.91. The van der Waals surface area contributed by atoms with E-state index in [1.54, 1.807) is 0 Å². The second kappa shape index (κ2) is 11.2. The number of piperidine rings is 1. The first kappa shape index (κ1) is 25.7. The molecule has 2 heterocycles. The molecular formula is C31H34N2O5. The molecule has 198 valence electrons. The number of likely N-dealkylation sites (tertiary alicyclic amines) is 1. The van der Waals surface area contributed by atoms with E-state index in [4.69, 9.17) is 9.15 Å². The molecule has 0 atom stereocenters. The van der Waals surface area contributed by atoms with Crippen molar-refractivity contribution in [2.24, 2.45) is 5.92 Å². The average molecular weight is 515 g/mol. The van der Waals surface area contributed by atoms with E-state index in [0.29, 0.717) is 5.76 Å². The van der Waals surface area contributed by atoms with E-state index in [2.05, 4.69) is 47.2 Å². The number of anilines is 1. The molecule has 0 bridgehead atoms. The number of nitrogens with zero attached hydrogens (tertiary/aromatic N) is 2. The summed E-state index contributed by atoms with van der Waals surface area (Å²) in [4.78, 5) is 17.5. The summed E-state index contributed by atoms with van der Waals surface area (Å²) >= 11 is 0. The first-order valence-corrected chi connectivity index (χ1v) is 13.1. The second-order valence-corrected chi connectivity index (χ2v) is 10.1. The molecule has 7 heteroatoms. The van der Waals surface area contributed by atoms with E-state index in [9.17, 15) is 15.0 Å². The molecule has 1 fully saturated rings. The number of benzene rings is 3. The zero-order chi connectivity index (χ0) is 26.6. The van der Waals surface area contributed by atoms with Gasteiger partial charge in [0.1, 0.15) is 16.9 Å². The molecule has 3 aromatic carbocycles. The van der Waals surface area contributed by atoms with Crippen molar-refractivity contribution in [3.8, 4) is 28.6 Å². The Morgan fingerprint density at radius 3 is 2.39 bits per heavy atom. The van der Waals surface area contributed by atoms with E-state index in [1.165, 1.54) is 31.6 Å². The molecule has 1 aliphatic heterocycles. The fourth-order valence-corrected chi connectivity index (χ4v) is 5.28. The lowest BCUT2D eigenvalue weighted by Crippen LogP contribution is -2.34. The van der Waals surface area contributed by atoms with Crippen LogP contribution in [-0.4, -0.2) is 48.9 Å². The van der Waals surface area contributed by atoms with Crippen molar-refractivity contribution in [1.29, 1.82) is 0 Å². The number of hydrogen-bond acceptors (Lipinski definition) is 7. The zero-order valence-electron chi connectivity index (χ0n) is 21.9. The highest BCUT2D eigenvalue weighted by Crippen LogP contribution is 2.40. The molecule has 4 aromatic rings. The van der Waals surface area contributed by atoms with Gasteiger partial charge in [-0.15, -0.1) is 0 Å². The molecular weight excluding hydrogens is 480 g/mol. The minimum absolute atomic E-state index is 0.0130. The molecule has 1 aromatic heterocycles. The summed E-state index contributed by atoms with van der Waals surface area (Å²) in [5.41, 5.74) is 2.80. The van der Waals surface area contributed by atoms with Crippen LogP contribution >= 0.6 is 0 Å². The highest BCUT2D eigenvalue weighted by atomic mass is 16.5. The van der Waals surface area contributed by atoms with Crippen LogP contribution in [0.2, 0.25) is 0 Å². The van der Waals surface area contributed by atoms with E-state index in [1.807, 2.05) is 24.3 Å². The van der Waals surface area contributed by atoms with Gasteiger partial charge in [-0.05, 0) is 68.1 Å². The lowest BCUT2D eigenvalue weighted by Gasteiger charge is -2.33. The van der Waals surface area contributed by atoms with Crippen LogP contribution in [0.1, 0.15) is 24.8 Å². The molecule has 5 rings (SSSR count). The molecule has 2 N–H and O–H groups in total. The summed E-state index contributed by atoms with van der Waals surface area (Å²) in [6.07, 6.45) is 3.62. The van der Waals surface area contributed by atoms with Crippen molar-refractivity contribution in [3.63, 3.8) is 0 Å². The van der Waals surface area contributed by atoms with Crippen LogP contribution in [0.5, 0.6) is 17.2 Å². The number of phenolic OH excluding ortho intramolecular Hbond substituents is 2. The molecule has 38 heavy (non-hydrogen) atoms. The number of hydrogen-bond donors (Lipinski definition) is 2. The first-order valence-electron chi connectivity index (χ1n) is 13.1. The number of ether oxygens (including phenoxy) is 1. The van der Waals surface area contributed by atoms with E-state index >= 15 is 0 Å². The van der Waals surface area contributed by atoms with E-state index < -0.39 is 5.43 Å². The Balaban J connectivity index is 1.20. The van der Waals surface area contributed by atoms with Crippen LogP contribution in [0.15, 0.2) is 75.9 Å². The van der Waals surface area contributed by atoms with Crippen LogP contribution < -0.4 is 15.1 Å². The van der Waals surface area contributed by atoms with Gasteiger partial charge in [-0.25, -0.2) is 0 Å². The van der Waals surface area contributed by atoms with Crippen molar-refractivity contribution in [1.82, 2.24) is 4.90 Å². The summed E-state index contributed by atoms with van der Waals surface area (Å²) in [6, 6.07) is 21.0. The quantitative estimate of drug-likeness (QED) is 0.316. The average Bonchev–Trinajstić information content (AvgIpc) is 2.93. The van der Waals surface area contributed by atoms with Gasteiger partial charge in [-0.1, -0.05) is 30.3 Å². The van der Waals surface area contributed by atoms with E-state index in [-0.39, 0.29) is 28.2 Å². The lowest BCUT2D eigenvalue weighted by atomic mass is 9.93. The molecule has 0 amide bonds. The fraction of sp³-hybridized carbons (Fsp3) is 0.323. The third-order valence-corrected chi connectivity index (χ3v) is 7.54. The molecule has 0 radical (unpaired) electrons. The van der Waals surface area contributed by atoms with Gasteiger partial charge in [-0.3, -0.25) is 9.69 Å². The van der Waals surface area contributed by atoms with Gasteiger partial charge >= 0.3 is 0 Å². The highest BCUT2D eigenvalue weighted by Gasteiger charge is 2.21. The SMILES string of the molecule is COc1c(O)cc(O)c2c(=O)cc(-c3ccc(N(C)CCC4CCN(Cc5ccccc5)CC4)cc3)oc12. The second-order valence-electron chi connectivity index (χ2n) is 10.1. The maximum Gasteiger partial charge on any atom is 0.204 e. The molecule has 0 unspecified atom stereocenters. The van der Waals surface area contributed by atoms with Crippen LogP contribution in [-0.2, 0) is 6.54 Å². The van der Waals surface area contributed by atoms with Crippen molar-refractivity contribution in [2.75, 3.05) is 38.7 Å². The minimum atomic E-state index is -0.409. The number of methoxy groups -OCH3 is 1. The van der Waals surface area contributed by atoms with Gasteiger partial charge < -0.3 is 24.3 Å². The third-order valence-electron chi connectivity index (χ3n) is 7.54. The van der Waals surface area contributed by atoms with Crippen molar-refractivity contribution < 1.29 is 19.4 Å². The van der Waals surface area contributed by atoms with Crippen molar-refractivity contribution in [3.05, 3.63) is 82.5 Å². The zero-order valence-corrected chi connectivity index (χ0v) is 21.9. The number of rotatable bonds is 8. The van der Waals surface area contributed by atoms with Gasteiger partial charge in [0.15, 0.2) is 16.8 Å². The molecule has 1 saturated heterocycles.